The first-order valence-corrected chi connectivity index (χ1v) is 8.51. The van der Waals surface area contributed by atoms with E-state index in [1.807, 2.05) is 12.1 Å². The van der Waals surface area contributed by atoms with Crippen LogP contribution >= 0.6 is 0 Å². The van der Waals surface area contributed by atoms with E-state index in [9.17, 15) is 17.6 Å². The largest absolute Gasteiger partial charge is 0.573 e. The predicted molar refractivity (Wildman–Crippen MR) is 88.3 cm³/mol. The first-order valence-electron chi connectivity index (χ1n) is 8.51. The van der Waals surface area contributed by atoms with Crippen LogP contribution in [0.3, 0.4) is 0 Å². The average molecular weight is 352 g/mol. The lowest BCUT2D eigenvalue weighted by Gasteiger charge is -2.26. The molecule has 0 N–H and O–H groups in total. The third-order valence-electron chi connectivity index (χ3n) is 4.68. The Kier molecular flexibility index (Phi) is 5.02. The maximum absolute atomic E-state index is 14.4. The fourth-order valence-corrected chi connectivity index (χ4v) is 3.54. The molecule has 1 unspecified atom stereocenters. The van der Waals surface area contributed by atoms with E-state index in [2.05, 4.69) is 11.7 Å². The van der Waals surface area contributed by atoms with Crippen molar-refractivity contribution in [3.63, 3.8) is 0 Å². The summed E-state index contributed by atoms with van der Waals surface area (Å²) in [5, 5.41) is 0. The van der Waals surface area contributed by atoms with Crippen LogP contribution in [0.2, 0.25) is 0 Å². The minimum atomic E-state index is -4.69. The second-order valence-corrected chi connectivity index (χ2v) is 6.52. The Bertz CT molecular complexity index is 752. The van der Waals surface area contributed by atoms with Crippen LogP contribution in [0, 0.1) is 5.82 Å². The summed E-state index contributed by atoms with van der Waals surface area (Å²) in [6.45, 7) is 2.06. The fraction of sp³-hybridized carbons (Fsp3) is 0.400. The van der Waals surface area contributed by atoms with Gasteiger partial charge in [-0.2, -0.15) is 0 Å². The molecule has 1 aliphatic carbocycles. The lowest BCUT2D eigenvalue weighted by molar-refractivity contribution is -0.274. The van der Waals surface area contributed by atoms with E-state index in [0.717, 1.165) is 29.5 Å². The molecule has 1 atom stereocenters. The molecule has 0 bridgehead atoms. The van der Waals surface area contributed by atoms with Gasteiger partial charge in [0.2, 0.25) is 0 Å². The van der Waals surface area contributed by atoms with Gasteiger partial charge in [-0.15, -0.1) is 13.2 Å². The van der Waals surface area contributed by atoms with Crippen LogP contribution in [0.4, 0.5) is 17.6 Å². The van der Waals surface area contributed by atoms with Gasteiger partial charge in [-0.3, -0.25) is 0 Å². The van der Waals surface area contributed by atoms with Crippen molar-refractivity contribution in [1.29, 1.82) is 0 Å². The third-order valence-corrected chi connectivity index (χ3v) is 4.68. The molecule has 0 aliphatic heterocycles. The zero-order valence-electron chi connectivity index (χ0n) is 14.0. The summed E-state index contributed by atoms with van der Waals surface area (Å²) in [6.07, 6.45) is -0.900. The molecule has 0 saturated heterocycles. The molecule has 0 aromatic heterocycles. The molecule has 134 valence electrons. The first kappa shape index (κ1) is 17.8. The van der Waals surface area contributed by atoms with Gasteiger partial charge in [-0.25, -0.2) is 4.39 Å². The van der Waals surface area contributed by atoms with Crippen molar-refractivity contribution in [1.82, 2.24) is 0 Å². The van der Waals surface area contributed by atoms with Gasteiger partial charge in [0, 0.05) is 0 Å². The Morgan fingerprint density at radius 3 is 2.56 bits per heavy atom. The maximum Gasteiger partial charge on any atom is 0.573 e. The number of halogens is 4. The van der Waals surface area contributed by atoms with Crippen LogP contribution in [0.5, 0.6) is 5.75 Å². The highest BCUT2D eigenvalue weighted by atomic mass is 19.4. The zero-order valence-corrected chi connectivity index (χ0v) is 14.0. The average Bonchev–Trinajstić information content (AvgIpc) is 2.53. The molecule has 2 aromatic carbocycles. The number of aryl methyl sites for hydroxylation is 2. The van der Waals surface area contributed by atoms with Gasteiger partial charge in [-0.05, 0) is 72.1 Å². The Balaban J connectivity index is 1.77. The van der Waals surface area contributed by atoms with Gasteiger partial charge in [0.05, 0.1) is 0 Å². The van der Waals surface area contributed by atoms with Gasteiger partial charge in [0.15, 0.2) is 0 Å². The van der Waals surface area contributed by atoms with Crippen molar-refractivity contribution in [3.8, 4) is 5.75 Å². The molecular formula is C20H20F4O. The molecule has 5 heteroatoms. The van der Waals surface area contributed by atoms with Crippen molar-refractivity contribution >= 4 is 0 Å². The first-order chi connectivity index (χ1) is 11.9. The Morgan fingerprint density at radius 1 is 1.08 bits per heavy atom. The summed E-state index contributed by atoms with van der Waals surface area (Å²) in [4.78, 5) is 0. The normalized spacial score (nSPS) is 17.2. The monoisotopic (exact) mass is 352 g/mol. The predicted octanol–water partition coefficient (Wildman–Crippen LogP) is 5.95. The number of rotatable bonds is 4. The number of benzene rings is 2. The molecule has 0 saturated carbocycles. The second kappa shape index (κ2) is 7.06. The molecule has 1 aliphatic rings. The Hall–Kier alpha value is -2.04. The second-order valence-electron chi connectivity index (χ2n) is 6.52. The van der Waals surface area contributed by atoms with Crippen LogP contribution in [0.15, 0.2) is 36.4 Å². The summed E-state index contributed by atoms with van der Waals surface area (Å²) in [5.74, 6) is -0.325. The number of hydrogen-bond donors (Lipinski definition) is 0. The van der Waals surface area contributed by atoms with E-state index >= 15 is 0 Å². The zero-order chi connectivity index (χ0) is 18.0. The lowest BCUT2D eigenvalue weighted by Crippen LogP contribution is -2.18. The maximum atomic E-state index is 14.4. The highest BCUT2D eigenvalue weighted by molar-refractivity contribution is 5.40. The highest BCUT2D eigenvalue weighted by Gasteiger charge is 2.31. The minimum Gasteiger partial charge on any atom is -0.406 e. The molecule has 1 nitrogen and oxygen atoms in total. The molecular weight excluding hydrogens is 332 g/mol. The summed E-state index contributed by atoms with van der Waals surface area (Å²) in [5.41, 5.74) is 3.50. The highest BCUT2D eigenvalue weighted by Crippen LogP contribution is 2.36. The van der Waals surface area contributed by atoms with Crippen molar-refractivity contribution in [2.75, 3.05) is 0 Å². The minimum absolute atomic E-state index is 0.0533. The summed E-state index contributed by atoms with van der Waals surface area (Å²) >= 11 is 0. The topological polar surface area (TPSA) is 9.23 Å². The van der Waals surface area contributed by atoms with E-state index < -0.39 is 6.36 Å². The van der Waals surface area contributed by atoms with Gasteiger partial charge >= 0.3 is 6.36 Å². The fourth-order valence-electron chi connectivity index (χ4n) is 3.54. The van der Waals surface area contributed by atoms with E-state index in [0.29, 0.717) is 24.8 Å². The summed E-state index contributed by atoms with van der Waals surface area (Å²) in [6, 6.07) is 9.87. The van der Waals surface area contributed by atoms with Crippen molar-refractivity contribution < 1.29 is 22.3 Å². The number of alkyl halides is 3. The van der Waals surface area contributed by atoms with E-state index in [-0.39, 0.29) is 17.5 Å². The van der Waals surface area contributed by atoms with Gasteiger partial charge in [0.25, 0.3) is 0 Å². The Morgan fingerprint density at radius 2 is 1.88 bits per heavy atom. The molecule has 0 fully saturated rings. The summed E-state index contributed by atoms with van der Waals surface area (Å²) in [7, 11) is 0. The van der Waals surface area contributed by atoms with Gasteiger partial charge < -0.3 is 4.74 Å². The van der Waals surface area contributed by atoms with Crippen LogP contribution in [0.1, 0.15) is 47.9 Å². The molecule has 0 spiro atoms. The van der Waals surface area contributed by atoms with E-state index in [1.165, 1.54) is 12.1 Å². The Labute approximate surface area is 144 Å². The molecule has 25 heavy (non-hydrogen) atoms. The molecule has 2 aromatic rings. The van der Waals surface area contributed by atoms with Crippen molar-refractivity contribution in [3.05, 3.63) is 64.5 Å². The van der Waals surface area contributed by atoms with Crippen LogP contribution in [0.25, 0.3) is 0 Å². The van der Waals surface area contributed by atoms with E-state index in [1.54, 1.807) is 12.1 Å². The molecule has 0 heterocycles. The van der Waals surface area contributed by atoms with Crippen molar-refractivity contribution in [2.24, 2.45) is 0 Å². The standard InChI is InChI=1S/C20H20F4O/c1-2-3-13-4-9-18(19(21)10-13)16-6-5-15-12-17(25-20(22,23)24)8-7-14(15)11-16/h4,7-10,12,16H,2-3,5-6,11H2,1H3. The quantitative estimate of drug-likeness (QED) is 0.618. The van der Waals surface area contributed by atoms with Gasteiger partial charge in [0.1, 0.15) is 11.6 Å². The molecule has 3 rings (SSSR count). The number of hydrogen-bond acceptors (Lipinski definition) is 1. The lowest BCUT2D eigenvalue weighted by atomic mass is 9.79. The number of ether oxygens (including phenoxy) is 1. The number of fused-ring (bicyclic) bond motifs is 1. The van der Waals surface area contributed by atoms with Crippen LogP contribution in [-0.2, 0) is 19.3 Å². The SMILES string of the molecule is CCCc1ccc(C2CCc3cc(OC(F)(F)F)ccc3C2)c(F)c1. The smallest absolute Gasteiger partial charge is 0.406 e. The summed E-state index contributed by atoms with van der Waals surface area (Å²) < 4.78 is 55.4. The molecule has 0 radical (unpaired) electrons. The van der Waals surface area contributed by atoms with Crippen molar-refractivity contribution in [2.45, 2.75) is 51.3 Å². The van der Waals surface area contributed by atoms with Crippen LogP contribution < -0.4 is 4.74 Å². The molecule has 0 amide bonds. The van der Waals surface area contributed by atoms with E-state index in [4.69, 9.17) is 0 Å². The van der Waals surface area contributed by atoms with Gasteiger partial charge in [-0.1, -0.05) is 31.5 Å². The third kappa shape index (κ3) is 4.33. The van der Waals surface area contributed by atoms with Crippen LogP contribution in [-0.4, -0.2) is 6.36 Å².